The van der Waals surface area contributed by atoms with E-state index >= 15 is 0 Å². The van der Waals surface area contributed by atoms with E-state index in [0.29, 0.717) is 32.3 Å². The Hall–Kier alpha value is 1.04. The summed E-state index contributed by atoms with van der Waals surface area (Å²) in [5, 5.41) is 11.9. The maximum Gasteiger partial charge on any atom is 1.00 e. The van der Waals surface area contributed by atoms with Crippen molar-refractivity contribution >= 4 is 16.4 Å². The number of unbranched alkanes of at least 4 members (excludes halogenated alkanes) is 9. The standard InChI is InChI=1S/C22H41O7S.2Na/c1-2-3-19-28-22(24)18-14-9-7-5-4-6-8-12-16-21(23)17-13-10-11-15-20-29-30(25,26)27;;/h8,12,21H,2-7,9-11,13-20H2,1H3,(H,25,26,27);;/q-1;2*+1/p-1/b12-8-;;/t21-;;/m0../s1. The van der Waals surface area contributed by atoms with Gasteiger partial charge in [0, 0.05) is 6.42 Å². The fourth-order valence-electron chi connectivity index (χ4n) is 2.94. The van der Waals surface area contributed by atoms with Gasteiger partial charge in [0.15, 0.2) is 0 Å². The van der Waals surface area contributed by atoms with Gasteiger partial charge in [-0.05, 0) is 38.5 Å². The summed E-state index contributed by atoms with van der Waals surface area (Å²) in [5.41, 5.74) is 0. The molecule has 0 spiro atoms. The molecule has 0 saturated heterocycles. The van der Waals surface area contributed by atoms with Crippen molar-refractivity contribution in [3.8, 4) is 0 Å². The fourth-order valence-corrected chi connectivity index (χ4v) is 3.26. The van der Waals surface area contributed by atoms with Crippen LogP contribution in [0.3, 0.4) is 0 Å². The molecule has 0 aromatic rings. The van der Waals surface area contributed by atoms with Crippen molar-refractivity contribution in [3.63, 3.8) is 0 Å². The van der Waals surface area contributed by atoms with Gasteiger partial charge in [0.05, 0.1) is 13.2 Å². The molecule has 0 rings (SSSR count). The van der Waals surface area contributed by atoms with Crippen LogP contribution in [0.25, 0.3) is 0 Å². The molecular weight excluding hydrogens is 454 g/mol. The average molecular weight is 495 g/mol. The summed E-state index contributed by atoms with van der Waals surface area (Å²) in [6.45, 7) is 2.53. The van der Waals surface area contributed by atoms with Crippen molar-refractivity contribution in [1.29, 1.82) is 0 Å². The molecule has 0 bridgehead atoms. The molecule has 1 atom stereocenters. The second-order valence-electron chi connectivity index (χ2n) is 7.64. The van der Waals surface area contributed by atoms with E-state index in [1.54, 1.807) is 0 Å². The number of esters is 1. The predicted molar refractivity (Wildman–Crippen MR) is 114 cm³/mol. The maximum atomic E-state index is 11.9. The van der Waals surface area contributed by atoms with Crippen LogP contribution in [-0.4, -0.2) is 38.3 Å². The number of hydrogen-bond donors (Lipinski definition) is 0. The molecule has 32 heavy (non-hydrogen) atoms. The first-order valence-electron chi connectivity index (χ1n) is 11.4. The van der Waals surface area contributed by atoms with Crippen molar-refractivity contribution in [2.45, 2.75) is 109 Å². The summed E-state index contributed by atoms with van der Waals surface area (Å²) in [4.78, 5) is 11.4. The zero-order valence-corrected chi connectivity index (χ0v) is 25.3. The number of hydrogen-bond acceptors (Lipinski definition) is 7. The van der Waals surface area contributed by atoms with E-state index in [2.05, 4.69) is 17.2 Å². The van der Waals surface area contributed by atoms with Gasteiger partial charge in [-0.1, -0.05) is 70.4 Å². The van der Waals surface area contributed by atoms with Crippen molar-refractivity contribution in [2.24, 2.45) is 0 Å². The van der Waals surface area contributed by atoms with Crippen LogP contribution in [0.2, 0.25) is 0 Å². The van der Waals surface area contributed by atoms with E-state index < -0.39 is 16.5 Å². The van der Waals surface area contributed by atoms with Crippen LogP contribution in [-0.2, 0) is 24.1 Å². The van der Waals surface area contributed by atoms with Crippen LogP contribution < -0.4 is 64.2 Å². The van der Waals surface area contributed by atoms with Gasteiger partial charge in [0.25, 0.3) is 0 Å². The zero-order valence-electron chi connectivity index (χ0n) is 20.5. The third-order valence-corrected chi connectivity index (χ3v) is 5.18. The van der Waals surface area contributed by atoms with Gasteiger partial charge in [-0.25, -0.2) is 8.42 Å². The predicted octanol–water partition coefficient (Wildman–Crippen LogP) is -1.83. The van der Waals surface area contributed by atoms with Crippen molar-refractivity contribution in [3.05, 3.63) is 12.2 Å². The molecule has 0 fully saturated rings. The molecule has 0 amide bonds. The van der Waals surface area contributed by atoms with E-state index in [4.69, 9.17) is 4.74 Å². The number of ether oxygens (including phenoxy) is 1. The molecule has 0 aliphatic heterocycles. The maximum absolute atomic E-state index is 11.9. The van der Waals surface area contributed by atoms with E-state index in [-0.39, 0.29) is 71.7 Å². The number of allylic oxidation sites excluding steroid dienone is 1. The van der Waals surface area contributed by atoms with Crippen LogP contribution in [0, 0.1) is 0 Å². The number of carbonyl (C=O) groups excluding carboxylic acids is 1. The largest absolute Gasteiger partial charge is 1.00 e. The van der Waals surface area contributed by atoms with Gasteiger partial charge in [0.2, 0.25) is 10.4 Å². The van der Waals surface area contributed by atoms with E-state index in [9.17, 15) is 22.9 Å². The van der Waals surface area contributed by atoms with Crippen LogP contribution >= 0.6 is 0 Å². The minimum absolute atomic E-state index is 0. The van der Waals surface area contributed by atoms with E-state index in [0.717, 1.165) is 70.6 Å². The summed E-state index contributed by atoms with van der Waals surface area (Å²) < 4.78 is 40.0. The Kier molecular flexibility index (Phi) is 31.3. The Morgan fingerprint density at radius 2 is 1.50 bits per heavy atom. The average Bonchev–Trinajstić information content (AvgIpc) is 2.68. The van der Waals surface area contributed by atoms with Crippen molar-refractivity contribution < 1.29 is 90.9 Å². The molecule has 0 aliphatic carbocycles. The molecule has 0 N–H and O–H groups in total. The molecule has 0 heterocycles. The third-order valence-electron chi connectivity index (χ3n) is 4.73. The molecule has 7 nitrogen and oxygen atoms in total. The quantitative estimate of drug-likeness (QED) is 0.0460. The molecule has 0 aromatic carbocycles. The first kappa shape index (κ1) is 37.6. The van der Waals surface area contributed by atoms with Crippen LogP contribution in [0.15, 0.2) is 12.2 Å². The van der Waals surface area contributed by atoms with Crippen molar-refractivity contribution in [1.82, 2.24) is 0 Å². The summed E-state index contributed by atoms with van der Waals surface area (Å²) in [5.74, 6) is -0.0812. The van der Waals surface area contributed by atoms with Crippen LogP contribution in [0.5, 0.6) is 0 Å². The van der Waals surface area contributed by atoms with Gasteiger partial charge >= 0.3 is 65.1 Å². The first-order valence-corrected chi connectivity index (χ1v) is 12.7. The first-order chi connectivity index (χ1) is 14.3. The SMILES string of the molecule is CCCCOC(=O)CCCCCCC/C=C\C[C@H]([O-])CCCCCCOS(=O)(=O)[O-].[Na+].[Na+]. The van der Waals surface area contributed by atoms with Gasteiger partial charge in [-0.15, -0.1) is 6.10 Å². The minimum atomic E-state index is -4.59. The van der Waals surface area contributed by atoms with E-state index in [1.165, 1.54) is 0 Å². The minimum Gasteiger partial charge on any atom is -0.852 e. The molecule has 0 saturated carbocycles. The van der Waals surface area contributed by atoms with Gasteiger partial charge < -0.3 is 14.4 Å². The summed E-state index contributed by atoms with van der Waals surface area (Å²) >= 11 is 0. The normalized spacial score (nSPS) is 12.2. The second kappa shape index (κ2) is 26.6. The Morgan fingerprint density at radius 3 is 2.19 bits per heavy atom. The molecule has 0 unspecified atom stereocenters. The summed E-state index contributed by atoms with van der Waals surface area (Å²) in [7, 11) is -4.59. The smallest absolute Gasteiger partial charge is 0.852 e. The molecule has 178 valence electrons. The summed E-state index contributed by atoms with van der Waals surface area (Å²) in [6.07, 6.45) is 16.2. The third kappa shape index (κ3) is 31.0. The number of rotatable bonds is 21. The Morgan fingerprint density at radius 1 is 0.875 bits per heavy atom. The van der Waals surface area contributed by atoms with E-state index in [1.807, 2.05) is 6.08 Å². The second-order valence-corrected chi connectivity index (χ2v) is 8.69. The van der Waals surface area contributed by atoms with Gasteiger partial charge in [-0.2, -0.15) is 0 Å². The zero-order chi connectivity index (χ0) is 22.5. The topological polar surface area (TPSA) is 116 Å². The fraction of sp³-hybridized carbons (Fsp3) is 0.864. The molecular formula is C22H40Na2O7S. The Bertz CT molecular complexity index is 542. The molecule has 0 aromatic heterocycles. The van der Waals surface area contributed by atoms with Crippen molar-refractivity contribution in [2.75, 3.05) is 13.2 Å². The molecule has 10 heteroatoms. The molecule has 0 aliphatic rings. The van der Waals surface area contributed by atoms with Gasteiger partial charge in [0.1, 0.15) is 0 Å². The van der Waals surface area contributed by atoms with Crippen LogP contribution in [0.4, 0.5) is 0 Å². The Balaban J connectivity index is -0.00000420. The number of carbonyl (C=O) groups is 1. The monoisotopic (exact) mass is 494 g/mol. The molecule has 0 radical (unpaired) electrons. The van der Waals surface area contributed by atoms with Crippen LogP contribution in [0.1, 0.15) is 103 Å². The summed E-state index contributed by atoms with van der Waals surface area (Å²) in [6, 6.07) is 0. The Labute approximate surface area is 240 Å². The van der Waals surface area contributed by atoms with Gasteiger partial charge in [-0.3, -0.25) is 8.98 Å².